The average molecular weight is 309 g/mol. The maximum atomic E-state index is 13.6. The van der Waals surface area contributed by atoms with Crippen LogP contribution in [-0.4, -0.2) is 22.7 Å². The van der Waals surface area contributed by atoms with Crippen molar-refractivity contribution in [2.24, 2.45) is 0 Å². The molecule has 0 fully saturated rings. The van der Waals surface area contributed by atoms with E-state index in [1.54, 1.807) is 6.92 Å². The molecule has 0 radical (unpaired) electrons. The van der Waals surface area contributed by atoms with E-state index in [0.29, 0.717) is 0 Å². The zero-order valence-corrected chi connectivity index (χ0v) is 13.0. The molecule has 2 rings (SSSR count). The second-order valence-electron chi connectivity index (χ2n) is 5.20. The lowest BCUT2D eigenvalue weighted by molar-refractivity contribution is 0.108. The van der Waals surface area contributed by atoms with Crippen molar-refractivity contribution in [3.63, 3.8) is 0 Å². The van der Waals surface area contributed by atoms with Gasteiger partial charge < -0.3 is 9.67 Å². The summed E-state index contributed by atoms with van der Waals surface area (Å²) in [5, 5.41) is 11.8. The summed E-state index contributed by atoms with van der Waals surface area (Å²) in [7, 11) is -2.90. The van der Waals surface area contributed by atoms with Gasteiger partial charge in [-0.2, -0.15) is 0 Å². The average Bonchev–Trinajstić information content (AvgIpc) is 2.48. The molecule has 0 amide bonds. The van der Waals surface area contributed by atoms with Crippen molar-refractivity contribution in [3.8, 4) is 0 Å². The van der Waals surface area contributed by atoms with Gasteiger partial charge in [0, 0.05) is 16.8 Å². The SMILES string of the molecule is CC(O)(CCl)CP(=O)(c1ccccc1)c1ccccc1. The Hall–Kier alpha value is -1.08. The van der Waals surface area contributed by atoms with Crippen LogP contribution >= 0.6 is 18.7 Å². The molecular weight excluding hydrogens is 291 g/mol. The Kier molecular flexibility index (Phi) is 4.70. The highest BCUT2D eigenvalue weighted by molar-refractivity contribution is 7.78. The van der Waals surface area contributed by atoms with Crippen molar-refractivity contribution in [1.82, 2.24) is 0 Å². The molecule has 0 heterocycles. The predicted octanol–water partition coefficient (Wildman–Crippen LogP) is 2.99. The van der Waals surface area contributed by atoms with Gasteiger partial charge in [0.25, 0.3) is 0 Å². The van der Waals surface area contributed by atoms with Crippen LogP contribution in [0, 0.1) is 0 Å². The summed E-state index contributed by atoms with van der Waals surface area (Å²) in [5.74, 6) is 0.0522. The number of alkyl halides is 1. The molecule has 0 spiro atoms. The molecule has 0 aromatic heterocycles. The van der Waals surface area contributed by atoms with Crippen molar-refractivity contribution < 1.29 is 9.67 Å². The Morgan fingerprint density at radius 1 is 1.00 bits per heavy atom. The first kappa shape index (κ1) is 15.3. The summed E-state index contributed by atoms with van der Waals surface area (Å²) in [6.45, 7) is 1.62. The topological polar surface area (TPSA) is 37.3 Å². The lowest BCUT2D eigenvalue weighted by atomic mass is 10.2. The van der Waals surface area contributed by atoms with E-state index in [-0.39, 0.29) is 12.0 Å². The van der Waals surface area contributed by atoms with Crippen molar-refractivity contribution in [2.45, 2.75) is 12.5 Å². The van der Waals surface area contributed by atoms with Crippen molar-refractivity contribution in [3.05, 3.63) is 60.7 Å². The van der Waals surface area contributed by atoms with E-state index in [2.05, 4.69) is 0 Å². The highest BCUT2D eigenvalue weighted by Gasteiger charge is 2.35. The fourth-order valence-electron chi connectivity index (χ4n) is 2.19. The summed E-state index contributed by atoms with van der Waals surface area (Å²) < 4.78 is 13.6. The zero-order chi connectivity index (χ0) is 14.6. The fraction of sp³-hybridized carbons (Fsp3) is 0.250. The van der Waals surface area contributed by atoms with Crippen molar-refractivity contribution >= 4 is 29.4 Å². The van der Waals surface area contributed by atoms with Gasteiger partial charge >= 0.3 is 0 Å². The van der Waals surface area contributed by atoms with Crippen LogP contribution in [0.1, 0.15) is 6.92 Å². The number of rotatable bonds is 5. The molecule has 2 nitrogen and oxygen atoms in total. The fourth-order valence-corrected chi connectivity index (χ4v) is 5.46. The van der Waals surface area contributed by atoms with Gasteiger partial charge in [-0.05, 0) is 6.92 Å². The second kappa shape index (κ2) is 6.13. The predicted molar refractivity (Wildman–Crippen MR) is 86.0 cm³/mol. The minimum atomic E-state index is -2.90. The van der Waals surface area contributed by atoms with Gasteiger partial charge in [-0.1, -0.05) is 60.7 Å². The maximum Gasteiger partial charge on any atom is 0.146 e. The molecule has 1 N–H and O–H groups in total. The molecule has 0 aliphatic heterocycles. The van der Waals surface area contributed by atoms with E-state index in [9.17, 15) is 9.67 Å². The maximum absolute atomic E-state index is 13.6. The van der Waals surface area contributed by atoms with Crippen LogP contribution in [0.3, 0.4) is 0 Å². The quantitative estimate of drug-likeness (QED) is 0.681. The molecule has 2 aromatic carbocycles. The Labute approximate surface area is 124 Å². The Bertz CT molecular complexity index is 553. The van der Waals surface area contributed by atoms with Crippen molar-refractivity contribution in [2.75, 3.05) is 12.0 Å². The highest BCUT2D eigenvalue weighted by atomic mass is 35.5. The third kappa shape index (κ3) is 3.32. The molecule has 106 valence electrons. The number of hydrogen-bond acceptors (Lipinski definition) is 2. The van der Waals surface area contributed by atoms with Crippen molar-refractivity contribution in [1.29, 1.82) is 0 Å². The van der Waals surface area contributed by atoms with Crippen LogP contribution in [0.5, 0.6) is 0 Å². The largest absolute Gasteiger partial charge is 0.388 e. The third-order valence-corrected chi connectivity index (χ3v) is 7.16. The van der Waals surface area contributed by atoms with Gasteiger partial charge in [0.05, 0.1) is 11.5 Å². The first-order valence-electron chi connectivity index (χ1n) is 6.47. The minimum absolute atomic E-state index is 0.0522. The number of benzene rings is 2. The van der Waals surface area contributed by atoms with E-state index in [4.69, 9.17) is 11.6 Å². The van der Waals surface area contributed by atoms with E-state index < -0.39 is 12.7 Å². The monoisotopic (exact) mass is 308 g/mol. The van der Waals surface area contributed by atoms with Crippen LogP contribution in [0.15, 0.2) is 60.7 Å². The molecule has 0 saturated heterocycles. The molecule has 0 saturated carbocycles. The molecule has 2 aromatic rings. The van der Waals surface area contributed by atoms with Gasteiger partial charge in [0.15, 0.2) is 0 Å². The first-order chi connectivity index (χ1) is 9.48. The first-order valence-corrected chi connectivity index (χ1v) is 8.89. The minimum Gasteiger partial charge on any atom is -0.388 e. The van der Waals surface area contributed by atoms with E-state index in [1.807, 2.05) is 60.7 Å². The van der Waals surface area contributed by atoms with E-state index >= 15 is 0 Å². The van der Waals surface area contributed by atoms with Gasteiger partial charge in [-0.3, -0.25) is 0 Å². The summed E-state index contributed by atoms with van der Waals surface area (Å²) in [5.41, 5.74) is -1.16. The van der Waals surface area contributed by atoms with Gasteiger partial charge in [-0.15, -0.1) is 11.6 Å². The number of aliphatic hydroxyl groups is 1. The molecule has 1 atom stereocenters. The summed E-state index contributed by atoms with van der Waals surface area (Å²) in [4.78, 5) is 0. The molecule has 20 heavy (non-hydrogen) atoms. The third-order valence-electron chi connectivity index (χ3n) is 3.20. The second-order valence-corrected chi connectivity index (χ2v) is 8.30. The Morgan fingerprint density at radius 3 is 1.75 bits per heavy atom. The van der Waals surface area contributed by atoms with Crippen LogP contribution in [0.4, 0.5) is 0 Å². The molecule has 1 unspecified atom stereocenters. The molecule has 0 bridgehead atoms. The molecule has 0 aliphatic carbocycles. The molecule has 0 aliphatic rings. The zero-order valence-electron chi connectivity index (χ0n) is 11.4. The standard InChI is InChI=1S/C16H18ClO2P/c1-16(18,12-17)13-20(19,14-8-4-2-5-9-14)15-10-6-3-7-11-15/h2-11,18H,12-13H2,1H3. The van der Waals surface area contributed by atoms with Gasteiger partial charge in [0.2, 0.25) is 0 Å². The highest BCUT2D eigenvalue weighted by Crippen LogP contribution is 2.46. The Morgan fingerprint density at radius 2 is 1.40 bits per heavy atom. The molecule has 4 heteroatoms. The van der Waals surface area contributed by atoms with E-state index in [0.717, 1.165) is 10.6 Å². The summed E-state index contributed by atoms with van der Waals surface area (Å²) in [6.07, 6.45) is 0.136. The number of hydrogen-bond donors (Lipinski definition) is 1. The normalized spacial score (nSPS) is 14.8. The van der Waals surface area contributed by atoms with Crippen LogP contribution in [0.25, 0.3) is 0 Å². The Balaban J connectivity index is 2.53. The van der Waals surface area contributed by atoms with E-state index in [1.165, 1.54) is 0 Å². The van der Waals surface area contributed by atoms with Gasteiger partial charge in [-0.25, -0.2) is 0 Å². The molecular formula is C16H18ClO2P. The summed E-state index contributed by atoms with van der Waals surface area (Å²) in [6, 6.07) is 18.6. The lowest BCUT2D eigenvalue weighted by Gasteiger charge is -2.27. The van der Waals surface area contributed by atoms with Crippen LogP contribution in [0.2, 0.25) is 0 Å². The van der Waals surface area contributed by atoms with Crippen LogP contribution < -0.4 is 10.6 Å². The van der Waals surface area contributed by atoms with Crippen LogP contribution in [-0.2, 0) is 4.57 Å². The summed E-state index contributed by atoms with van der Waals surface area (Å²) >= 11 is 5.80. The number of halogens is 1. The van der Waals surface area contributed by atoms with Gasteiger partial charge in [0.1, 0.15) is 7.14 Å². The lowest BCUT2D eigenvalue weighted by Crippen LogP contribution is -2.35. The smallest absolute Gasteiger partial charge is 0.146 e.